The molecule has 4 heteroatoms. The van der Waals surface area contributed by atoms with Gasteiger partial charge >= 0.3 is 0 Å². The Labute approximate surface area is 112 Å². The van der Waals surface area contributed by atoms with Gasteiger partial charge in [-0.1, -0.05) is 12.8 Å². The Morgan fingerprint density at radius 2 is 2.28 bits per heavy atom. The molecule has 1 aliphatic carbocycles. The topological polar surface area (TPSA) is 40.7 Å². The second-order valence-electron chi connectivity index (χ2n) is 5.04. The number of nitrogens with zero attached hydrogens (tertiary/aromatic N) is 1. The molecule has 3 nitrogen and oxygen atoms in total. The van der Waals surface area contributed by atoms with Crippen molar-refractivity contribution in [1.29, 1.82) is 0 Å². The molecule has 2 N–H and O–H groups in total. The molecule has 0 radical (unpaired) electrons. The van der Waals surface area contributed by atoms with Crippen LogP contribution in [0.5, 0.6) is 0 Å². The van der Waals surface area contributed by atoms with Crippen molar-refractivity contribution in [2.45, 2.75) is 45.2 Å². The minimum atomic E-state index is 0.696. The molecule has 0 amide bonds. The smallest absolute Gasteiger partial charge is 0.120 e. The number of aromatic amines is 1. The van der Waals surface area contributed by atoms with Crippen LogP contribution in [0.25, 0.3) is 10.6 Å². The molecule has 1 fully saturated rings. The number of aromatic nitrogens is 2. The first-order valence-electron chi connectivity index (χ1n) is 6.64. The summed E-state index contributed by atoms with van der Waals surface area (Å²) in [5, 5.41) is 5.71. The van der Waals surface area contributed by atoms with E-state index in [1.165, 1.54) is 36.1 Å². The second-order valence-corrected chi connectivity index (χ2v) is 5.95. The van der Waals surface area contributed by atoms with Gasteiger partial charge in [-0.2, -0.15) is 0 Å². The molecule has 18 heavy (non-hydrogen) atoms. The van der Waals surface area contributed by atoms with Crippen molar-refractivity contribution in [2.24, 2.45) is 0 Å². The van der Waals surface area contributed by atoms with Crippen molar-refractivity contribution in [1.82, 2.24) is 15.3 Å². The molecule has 0 saturated heterocycles. The van der Waals surface area contributed by atoms with Crippen LogP contribution in [-0.2, 0) is 6.54 Å². The van der Waals surface area contributed by atoms with Crippen molar-refractivity contribution < 1.29 is 0 Å². The Morgan fingerprint density at radius 1 is 1.44 bits per heavy atom. The van der Waals surface area contributed by atoms with E-state index in [1.54, 1.807) is 11.3 Å². The maximum absolute atomic E-state index is 4.46. The summed E-state index contributed by atoms with van der Waals surface area (Å²) in [6.07, 6.45) is 7.32. The van der Waals surface area contributed by atoms with E-state index in [-0.39, 0.29) is 0 Å². The number of thiophene rings is 1. The normalized spacial score (nSPS) is 16.5. The highest BCUT2D eigenvalue weighted by atomic mass is 32.1. The number of H-pyrrole nitrogens is 1. The SMILES string of the molecule is Cc1ccsc1-c1cnc(CNC2CCCC2)[nH]1. The third kappa shape index (κ3) is 2.49. The first kappa shape index (κ1) is 11.9. The Morgan fingerprint density at radius 3 is 3.00 bits per heavy atom. The summed E-state index contributed by atoms with van der Waals surface area (Å²) in [6.45, 7) is 3.00. The van der Waals surface area contributed by atoms with Crippen LogP contribution < -0.4 is 5.32 Å². The molecule has 0 bridgehead atoms. The maximum atomic E-state index is 4.46. The summed E-state index contributed by atoms with van der Waals surface area (Å²) < 4.78 is 0. The molecule has 3 rings (SSSR count). The molecule has 0 unspecified atom stereocenters. The van der Waals surface area contributed by atoms with Crippen molar-refractivity contribution in [3.8, 4) is 10.6 Å². The second kappa shape index (κ2) is 5.24. The largest absolute Gasteiger partial charge is 0.340 e. The van der Waals surface area contributed by atoms with Crippen LogP contribution in [0.4, 0.5) is 0 Å². The molecule has 0 aromatic carbocycles. The van der Waals surface area contributed by atoms with E-state index in [2.05, 4.69) is 33.7 Å². The summed E-state index contributed by atoms with van der Waals surface area (Å²) in [5.74, 6) is 1.05. The fourth-order valence-electron chi connectivity index (χ4n) is 2.59. The minimum Gasteiger partial charge on any atom is -0.340 e. The van der Waals surface area contributed by atoms with E-state index < -0.39 is 0 Å². The Hall–Kier alpha value is -1.13. The average molecular weight is 261 g/mol. The molecule has 1 saturated carbocycles. The predicted octanol–water partition coefficient (Wildman–Crippen LogP) is 3.48. The van der Waals surface area contributed by atoms with Gasteiger partial charge in [0, 0.05) is 6.04 Å². The van der Waals surface area contributed by atoms with Gasteiger partial charge in [-0.3, -0.25) is 0 Å². The molecule has 1 aliphatic rings. The Balaban J connectivity index is 1.64. The number of imidazole rings is 1. The van der Waals surface area contributed by atoms with Gasteiger partial charge in [-0.25, -0.2) is 4.98 Å². The zero-order chi connectivity index (χ0) is 12.4. The molecule has 2 aromatic rings. The Kier molecular flexibility index (Phi) is 3.48. The molecule has 0 aliphatic heterocycles. The molecule has 96 valence electrons. The average Bonchev–Trinajstić information content (AvgIpc) is 3.07. The van der Waals surface area contributed by atoms with Crippen molar-refractivity contribution in [3.05, 3.63) is 29.0 Å². The number of nitrogens with one attached hydrogen (secondary N) is 2. The van der Waals surface area contributed by atoms with Crippen molar-refractivity contribution >= 4 is 11.3 Å². The maximum Gasteiger partial charge on any atom is 0.120 e. The highest BCUT2D eigenvalue weighted by Gasteiger charge is 2.14. The summed E-state index contributed by atoms with van der Waals surface area (Å²) in [7, 11) is 0. The first-order valence-corrected chi connectivity index (χ1v) is 7.52. The van der Waals surface area contributed by atoms with Gasteiger partial charge in [0.15, 0.2) is 0 Å². The lowest BCUT2D eigenvalue weighted by molar-refractivity contribution is 0.515. The standard InChI is InChI=1S/C14H19N3S/c1-10-6-7-18-14(10)12-8-16-13(17-12)9-15-11-4-2-3-5-11/h6-8,11,15H,2-5,9H2,1H3,(H,16,17). The molecule has 0 atom stereocenters. The molecule has 0 spiro atoms. The third-order valence-corrected chi connectivity index (χ3v) is 4.70. The van der Waals surface area contributed by atoms with E-state index in [0.717, 1.165) is 18.1 Å². The minimum absolute atomic E-state index is 0.696. The van der Waals surface area contributed by atoms with Gasteiger partial charge in [0.1, 0.15) is 5.82 Å². The quantitative estimate of drug-likeness (QED) is 0.884. The van der Waals surface area contributed by atoms with Crippen molar-refractivity contribution in [3.63, 3.8) is 0 Å². The third-order valence-electron chi connectivity index (χ3n) is 3.65. The van der Waals surface area contributed by atoms with Gasteiger partial charge in [0.05, 0.1) is 23.3 Å². The van der Waals surface area contributed by atoms with E-state index in [0.29, 0.717) is 6.04 Å². The van der Waals surface area contributed by atoms with Crippen LogP contribution in [0.1, 0.15) is 37.1 Å². The monoisotopic (exact) mass is 261 g/mol. The molecule has 2 heterocycles. The van der Waals surface area contributed by atoms with Crippen LogP contribution in [0.2, 0.25) is 0 Å². The number of hydrogen-bond donors (Lipinski definition) is 2. The van der Waals surface area contributed by atoms with Crippen LogP contribution >= 0.6 is 11.3 Å². The Bertz CT molecular complexity index is 509. The lowest BCUT2D eigenvalue weighted by Gasteiger charge is -2.09. The van der Waals surface area contributed by atoms with Crippen LogP contribution in [0.3, 0.4) is 0 Å². The van der Waals surface area contributed by atoms with Gasteiger partial charge in [0.25, 0.3) is 0 Å². The first-order chi connectivity index (χ1) is 8.83. The number of hydrogen-bond acceptors (Lipinski definition) is 3. The van der Waals surface area contributed by atoms with E-state index in [9.17, 15) is 0 Å². The molecule has 2 aromatic heterocycles. The van der Waals surface area contributed by atoms with Crippen molar-refractivity contribution in [2.75, 3.05) is 0 Å². The van der Waals surface area contributed by atoms with Gasteiger partial charge in [-0.05, 0) is 36.8 Å². The van der Waals surface area contributed by atoms with Gasteiger partial charge in [-0.15, -0.1) is 11.3 Å². The fraction of sp³-hybridized carbons (Fsp3) is 0.500. The van der Waals surface area contributed by atoms with Crippen LogP contribution in [-0.4, -0.2) is 16.0 Å². The van der Waals surface area contributed by atoms with Gasteiger partial charge < -0.3 is 10.3 Å². The number of rotatable bonds is 4. The summed E-state index contributed by atoms with van der Waals surface area (Å²) in [4.78, 5) is 9.18. The highest BCUT2D eigenvalue weighted by Crippen LogP contribution is 2.27. The summed E-state index contributed by atoms with van der Waals surface area (Å²) >= 11 is 1.77. The van der Waals surface area contributed by atoms with E-state index >= 15 is 0 Å². The highest BCUT2D eigenvalue weighted by molar-refractivity contribution is 7.13. The van der Waals surface area contributed by atoms with E-state index in [4.69, 9.17) is 0 Å². The van der Waals surface area contributed by atoms with Crippen LogP contribution in [0, 0.1) is 6.92 Å². The summed E-state index contributed by atoms with van der Waals surface area (Å²) in [5.41, 5.74) is 2.46. The zero-order valence-electron chi connectivity index (χ0n) is 10.7. The van der Waals surface area contributed by atoms with Gasteiger partial charge in [0.2, 0.25) is 0 Å². The lowest BCUT2D eigenvalue weighted by atomic mass is 10.2. The zero-order valence-corrected chi connectivity index (χ0v) is 11.5. The summed E-state index contributed by atoms with van der Waals surface area (Å²) in [6, 6.07) is 2.85. The lowest BCUT2D eigenvalue weighted by Crippen LogP contribution is -2.25. The molecular formula is C14H19N3S. The van der Waals surface area contributed by atoms with E-state index in [1.807, 2.05) is 6.20 Å². The van der Waals surface area contributed by atoms with Crippen LogP contribution in [0.15, 0.2) is 17.6 Å². The predicted molar refractivity (Wildman–Crippen MR) is 75.7 cm³/mol. The molecular weight excluding hydrogens is 242 g/mol. The fourth-order valence-corrected chi connectivity index (χ4v) is 3.48. The number of aryl methyl sites for hydroxylation is 1.